The second-order valence-corrected chi connectivity index (χ2v) is 20.6. The highest BCUT2D eigenvalue weighted by atomic mass is 16.7. The summed E-state index contributed by atoms with van der Waals surface area (Å²) in [6.07, 6.45) is 7.60. The van der Waals surface area contributed by atoms with Crippen LogP contribution in [-0.4, -0.2) is 166 Å². The Balaban J connectivity index is 1.50. The first-order valence-electron chi connectivity index (χ1n) is 26.4. The van der Waals surface area contributed by atoms with Gasteiger partial charge in [-0.15, -0.1) is 0 Å². The maximum Gasteiger partial charge on any atom is 0.311 e. The third kappa shape index (κ3) is 23.9. The third-order valence-corrected chi connectivity index (χ3v) is 13.6. The normalized spacial score (nSPS) is 37.4. The molecular weight excluding hydrogens is 987 g/mol. The highest BCUT2D eigenvalue weighted by Gasteiger charge is 2.50. The molecule has 13 N–H and O–H groups in total. The van der Waals surface area contributed by atoms with Gasteiger partial charge in [-0.25, -0.2) is 0 Å². The number of hydrogen-bond acceptors (Lipinski definition) is 18. The number of allylic oxidation sites excluding steroid dienone is 12. The van der Waals surface area contributed by atoms with Gasteiger partial charge in [-0.2, -0.15) is 0 Å². The maximum absolute atomic E-state index is 13.3. The fourth-order valence-electron chi connectivity index (χ4n) is 9.70. The predicted molar refractivity (Wildman–Crippen MR) is 282 cm³/mol. The van der Waals surface area contributed by atoms with Crippen molar-refractivity contribution in [3.05, 3.63) is 115 Å². The van der Waals surface area contributed by atoms with Crippen LogP contribution in [0.3, 0.4) is 0 Å². The van der Waals surface area contributed by atoms with Gasteiger partial charge in [-0.3, -0.25) is 14.4 Å². The highest BCUT2D eigenvalue weighted by molar-refractivity contribution is 5.96. The maximum atomic E-state index is 13.3. The van der Waals surface area contributed by atoms with Gasteiger partial charge >= 0.3 is 11.9 Å². The van der Waals surface area contributed by atoms with E-state index in [0.717, 1.165) is 0 Å². The van der Waals surface area contributed by atoms with E-state index >= 15 is 0 Å². The lowest BCUT2D eigenvalue weighted by molar-refractivity contribution is -0.303. The number of aliphatic hydroxyl groups is 10. The molecule has 17 unspecified atom stereocenters. The van der Waals surface area contributed by atoms with E-state index in [9.17, 15) is 70.6 Å². The Kier molecular flexibility index (Phi) is 27.6. The van der Waals surface area contributed by atoms with Gasteiger partial charge in [0.15, 0.2) is 17.9 Å². The summed E-state index contributed by atoms with van der Waals surface area (Å²) in [7, 11) is 0. The van der Waals surface area contributed by atoms with E-state index in [2.05, 4.69) is 0 Å². The molecule has 19 heteroatoms. The smallest absolute Gasteiger partial charge is 0.311 e. The van der Waals surface area contributed by atoms with Crippen molar-refractivity contribution in [1.82, 2.24) is 0 Å². The molecule has 3 aliphatic heterocycles. The Hall–Kier alpha value is -4.71. The third-order valence-electron chi connectivity index (χ3n) is 13.6. The zero-order chi connectivity index (χ0) is 55.8. The minimum atomic E-state index is -2.25. The number of anilines is 1. The number of cyclic esters (lactones) is 1. The van der Waals surface area contributed by atoms with Crippen LogP contribution in [0, 0.1) is 17.8 Å². The number of carbonyl (C=O) groups excluding carboxylic acids is 2. The summed E-state index contributed by atoms with van der Waals surface area (Å²) in [5.74, 6) is -6.75. The largest absolute Gasteiger partial charge is 0.481 e. The molecule has 76 heavy (non-hydrogen) atoms. The summed E-state index contributed by atoms with van der Waals surface area (Å²) in [6, 6.07) is 6.43. The van der Waals surface area contributed by atoms with E-state index in [0.29, 0.717) is 30.5 Å². The van der Waals surface area contributed by atoms with Gasteiger partial charge < -0.3 is 80.9 Å². The van der Waals surface area contributed by atoms with Crippen LogP contribution < -0.4 is 5.73 Å². The molecule has 0 spiro atoms. The lowest BCUT2D eigenvalue weighted by Crippen LogP contribution is -2.56. The first kappa shape index (κ1) is 63.8. The zero-order valence-electron chi connectivity index (χ0n) is 43.6. The molecule has 0 aromatic heterocycles. The van der Waals surface area contributed by atoms with Gasteiger partial charge in [0.05, 0.1) is 80.2 Å². The van der Waals surface area contributed by atoms with E-state index < -0.39 is 122 Å². The topological polar surface area (TPSA) is 337 Å². The van der Waals surface area contributed by atoms with E-state index in [1.165, 1.54) is 0 Å². The lowest BCUT2D eigenvalue weighted by atomic mass is 9.82. The molecule has 3 aliphatic rings. The number of carboxylic acid groups (broad SMARTS) is 1. The van der Waals surface area contributed by atoms with Crippen LogP contribution >= 0.6 is 0 Å². The molecule has 2 bridgehead atoms. The summed E-state index contributed by atoms with van der Waals surface area (Å²) >= 11 is 0. The minimum Gasteiger partial charge on any atom is -0.481 e. The molecule has 3 heterocycles. The van der Waals surface area contributed by atoms with Crippen molar-refractivity contribution in [2.75, 3.05) is 12.3 Å². The summed E-state index contributed by atoms with van der Waals surface area (Å²) < 4.78 is 23.7. The van der Waals surface area contributed by atoms with Gasteiger partial charge in [0, 0.05) is 49.3 Å². The minimum absolute atomic E-state index is 0.0293. The SMILES string of the molecule is CC1/C=C/C=C/C=C/C=C/C=C/C=C/C=C/C(OC2CCC(O)CO2)CC2OC(O)(CC(O)CC(O)CC(O)CC(O)CC(O)CC(O)CC(=O)OC1C(C)CCC(O)CC(=O)c1ccc(N)cc1)CC(O)C2C(=O)O. The van der Waals surface area contributed by atoms with Crippen molar-refractivity contribution in [3.63, 3.8) is 0 Å². The molecule has 4 rings (SSSR count). The number of aliphatic carboxylic acids is 1. The average molecular weight is 1070 g/mol. The monoisotopic (exact) mass is 1070 g/mol. The number of carboxylic acids is 1. The van der Waals surface area contributed by atoms with E-state index in [-0.39, 0.29) is 75.6 Å². The fraction of sp³-hybridized carbons (Fsp3) is 0.596. The molecular formula is C57H83NO18. The number of hydrogen-bond donors (Lipinski definition) is 12. The Morgan fingerprint density at radius 3 is 1.76 bits per heavy atom. The Morgan fingerprint density at radius 1 is 0.697 bits per heavy atom. The van der Waals surface area contributed by atoms with Gasteiger partial charge in [0.1, 0.15) is 12.0 Å². The first-order valence-corrected chi connectivity index (χ1v) is 26.4. The molecule has 2 fully saturated rings. The van der Waals surface area contributed by atoms with Crippen molar-refractivity contribution in [2.45, 2.75) is 189 Å². The number of nitrogens with two attached hydrogens (primary N) is 1. The molecule has 0 saturated carbocycles. The van der Waals surface area contributed by atoms with E-state index in [4.69, 9.17) is 24.7 Å². The van der Waals surface area contributed by atoms with Gasteiger partial charge in [-0.1, -0.05) is 98.9 Å². The molecule has 0 aliphatic carbocycles. The van der Waals surface area contributed by atoms with Gasteiger partial charge in [0.2, 0.25) is 0 Å². The van der Waals surface area contributed by atoms with Crippen molar-refractivity contribution in [3.8, 4) is 0 Å². The Labute approximate surface area is 445 Å². The summed E-state index contributed by atoms with van der Waals surface area (Å²) in [5, 5.41) is 118. The quantitative estimate of drug-likeness (QED) is 0.0901. The molecule has 19 nitrogen and oxygen atoms in total. The summed E-state index contributed by atoms with van der Waals surface area (Å²) in [4.78, 5) is 38.6. The van der Waals surface area contributed by atoms with Crippen molar-refractivity contribution in [2.24, 2.45) is 17.8 Å². The van der Waals surface area contributed by atoms with Crippen LogP contribution in [0.2, 0.25) is 0 Å². The second-order valence-electron chi connectivity index (χ2n) is 20.6. The zero-order valence-corrected chi connectivity index (χ0v) is 43.6. The Bertz CT molecular complexity index is 2120. The van der Waals surface area contributed by atoms with E-state index in [1.54, 1.807) is 85.0 Å². The molecule has 0 radical (unpaired) electrons. The lowest BCUT2D eigenvalue weighted by Gasteiger charge is -2.44. The molecule has 1 aromatic rings. The van der Waals surface area contributed by atoms with Crippen molar-refractivity contribution in [1.29, 1.82) is 0 Å². The molecule has 424 valence electrons. The Morgan fingerprint density at radius 2 is 1.22 bits per heavy atom. The van der Waals surface area contributed by atoms with Crippen LogP contribution in [-0.2, 0) is 28.5 Å². The van der Waals surface area contributed by atoms with Gasteiger partial charge in [0.25, 0.3) is 0 Å². The standard InChI is InChI=1S/C57H83NO18/c1-36-15-13-11-9-7-5-3-4-6-8-10-12-14-16-48(74-53-24-23-41(60)35-73-53)32-51-54(56(70)71)50(68)34-57(72,76-51)33-47(66)29-45(64)27-43(62)25-42(61)26-44(63)28-46(65)31-52(69)75-55(36)37(2)17-22-40(59)30-49(67)38-18-20-39(58)21-19-38/h3-16,18-21,36-37,40-48,50-51,53-55,59-66,68,72H,17,22-35,58H2,1-2H3,(H,70,71)/b4-3+,7-5+,8-6+,11-9+,12-10+,15-13+,16-14+. The number of ether oxygens (including phenoxy) is 4. The number of benzene rings is 1. The van der Waals surface area contributed by atoms with Crippen LogP contribution in [0.5, 0.6) is 0 Å². The van der Waals surface area contributed by atoms with E-state index in [1.807, 2.05) is 38.2 Å². The number of Topliss-reactive ketones (excluding diaryl/α,β-unsaturated/α-hetero) is 1. The number of nitrogen functional groups attached to an aromatic ring is 1. The second kappa shape index (κ2) is 32.9. The fourth-order valence-corrected chi connectivity index (χ4v) is 9.70. The number of aliphatic hydroxyl groups excluding tert-OH is 9. The molecule has 0 amide bonds. The highest BCUT2D eigenvalue weighted by Crippen LogP contribution is 2.38. The van der Waals surface area contributed by atoms with Crippen molar-refractivity contribution >= 4 is 23.4 Å². The number of ketones is 1. The van der Waals surface area contributed by atoms with Crippen LogP contribution in [0.15, 0.2) is 109 Å². The van der Waals surface area contributed by atoms with Crippen LogP contribution in [0.25, 0.3) is 0 Å². The van der Waals surface area contributed by atoms with Crippen LogP contribution in [0.4, 0.5) is 5.69 Å². The van der Waals surface area contributed by atoms with Crippen LogP contribution in [0.1, 0.15) is 114 Å². The molecule has 1 aromatic carbocycles. The number of fused-ring (bicyclic) bond motifs is 2. The number of esters is 1. The average Bonchev–Trinajstić information content (AvgIpc) is 3.32. The van der Waals surface area contributed by atoms with Gasteiger partial charge in [-0.05, 0) is 81.5 Å². The number of carbonyl (C=O) groups is 3. The predicted octanol–water partition coefficient (Wildman–Crippen LogP) is 3.78. The molecule has 2 saturated heterocycles. The molecule has 17 atom stereocenters. The summed E-state index contributed by atoms with van der Waals surface area (Å²) in [5.41, 5.74) is 6.68. The summed E-state index contributed by atoms with van der Waals surface area (Å²) in [6.45, 7) is 3.75. The van der Waals surface area contributed by atoms with Crippen molar-refractivity contribution < 1.29 is 89.5 Å². The first-order chi connectivity index (χ1) is 36.1. The number of rotatable bonds is 10.